The molecular weight excluding hydrogens is 266 g/mol. The second kappa shape index (κ2) is 6.85. The lowest BCUT2D eigenvalue weighted by Gasteiger charge is -2.11. The second-order valence-corrected chi connectivity index (χ2v) is 4.88. The van der Waals surface area contributed by atoms with Crippen molar-refractivity contribution in [2.45, 2.75) is 6.61 Å². The number of ether oxygens (including phenoxy) is 1. The first-order chi connectivity index (χ1) is 10.1. The molecule has 0 aliphatic rings. The van der Waals surface area contributed by atoms with Gasteiger partial charge in [0.25, 0.3) is 5.91 Å². The number of carbonyl (C=O) groups is 1. The van der Waals surface area contributed by atoms with E-state index in [4.69, 9.17) is 4.74 Å². The van der Waals surface area contributed by atoms with Crippen molar-refractivity contribution in [1.82, 2.24) is 4.98 Å². The van der Waals surface area contributed by atoms with E-state index in [-0.39, 0.29) is 5.91 Å². The predicted molar refractivity (Wildman–Crippen MR) is 83.7 cm³/mol. The van der Waals surface area contributed by atoms with Crippen molar-refractivity contribution in [2.75, 3.05) is 31.4 Å². The van der Waals surface area contributed by atoms with Gasteiger partial charge in [0.1, 0.15) is 5.82 Å². The lowest BCUT2D eigenvalue weighted by Crippen LogP contribution is -2.13. The standard InChI is InChI=1S/C16H19N3O2/c1-19(2)15-9-8-14(10-17-15)18-16(20)13-6-4-12(5-7-13)11-21-3/h4-10H,11H2,1-3H3,(H,18,20). The maximum atomic E-state index is 12.1. The lowest BCUT2D eigenvalue weighted by molar-refractivity contribution is 0.102. The number of anilines is 2. The molecule has 0 spiro atoms. The highest BCUT2D eigenvalue weighted by Gasteiger charge is 2.06. The third-order valence-electron chi connectivity index (χ3n) is 2.99. The fourth-order valence-electron chi connectivity index (χ4n) is 1.85. The number of amides is 1. The fourth-order valence-corrected chi connectivity index (χ4v) is 1.85. The number of nitrogens with zero attached hydrogens (tertiary/aromatic N) is 2. The van der Waals surface area contributed by atoms with Crippen molar-refractivity contribution in [3.63, 3.8) is 0 Å². The van der Waals surface area contributed by atoms with Gasteiger partial charge in [-0.25, -0.2) is 4.98 Å². The van der Waals surface area contributed by atoms with Crippen molar-refractivity contribution in [1.29, 1.82) is 0 Å². The minimum atomic E-state index is -0.154. The molecule has 110 valence electrons. The molecule has 0 radical (unpaired) electrons. The van der Waals surface area contributed by atoms with Gasteiger partial charge in [-0.1, -0.05) is 12.1 Å². The summed E-state index contributed by atoms with van der Waals surface area (Å²) >= 11 is 0. The Morgan fingerprint density at radius 2 is 1.90 bits per heavy atom. The SMILES string of the molecule is COCc1ccc(C(=O)Nc2ccc(N(C)C)nc2)cc1. The van der Waals surface area contributed by atoms with Gasteiger partial charge in [-0.3, -0.25) is 4.79 Å². The molecule has 2 rings (SSSR count). The summed E-state index contributed by atoms with van der Waals surface area (Å²) < 4.78 is 5.04. The molecule has 0 aliphatic carbocycles. The second-order valence-electron chi connectivity index (χ2n) is 4.88. The lowest BCUT2D eigenvalue weighted by atomic mass is 10.1. The van der Waals surface area contributed by atoms with Crippen LogP contribution in [-0.2, 0) is 11.3 Å². The normalized spacial score (nSPS) is 10.2. The summed E-state index contributed by atoms with van der Waals surface area (Å²) in [5, 5.41) is 2.82. The summed E-state index contributed by atoms with van der Waals surface area (Å²) in [4.78, 5) is 18.3. The van der Waals surface area contributed by atoms with Gasteiger partial charge in [-0.2, -0.15) is 0 Å². The molecule has 21 heavy (non-hydrogen) atoms. The minimum absolute atomic E-state index is 0.154. The highest BCUT2D eigenvalue weighted by atomic mass is 16.5. The van der Waals surface area contributed by atoms with Crippen LogP contribution in [0.5, 0.6) is 0 Å². The molecule has 0 atom stereocenters. The van der Waals surface area contributed by atoms with Crippen LogP contribution < -0.4 is 10.2 Å². The summed E-state index contributed by atoms with van der Waals surface area (Å²) in [5.74, 6) is 0.690. The number of benzene rings is 1. The molecule has 1 aromatic heterocycles. The van der Waals surface area contributed by atoms with Gasteiger partial charge in [0, 0.05) is 26.8 Å². The smallest absolute Gasteiger partial charge is 0.255 e. The molecule has 0 aliphatic heterocycles. The summed E-state index contributed by atoms with van der Waals surface area (Å²) in [6.45, 7) is 0.540. The number of nitrogens with one attached hydrogen (secondary N) is 1. The summed E-state index contributed by atoms with van der Waals surface area (Å²) in [6, 6.07) is 11.0. The molecule has 5 nitrogen and oxygen atoms in total. The van der Waals surface area contributed by atoms with Crippen LogP contribution >= 0.6 is 0 Å². The van der Waals surface area contributed by atoms with Crippen LogP contribution in [0.1, 0.15) is 15.9 Å². The van der Waals surface area contributed by atoms with E-state index in [0.717, 1.165) is 11.4 Å². The average molecular weight is 285 g/mol. The highest BCUT2D eigenvalue weighted by molar-refractivity contribution is 6.04. The zero-order valence-corrected chi connectivity index (χ0v) is 12.5. The van der Waals surface area contributed by atoms with Crippen molar-refractivity contribution >= 4 is 17.4 Å². The molecule has 0 fully saturated rings. The van der Waals surface area contributed by atoms with E-state index in [1.807, 2.05) is 43.3 Å². The Morgan fingerprint density at radius 3 is 2.43 bits per heavy atom. The van der Waals surface area contributed by atoms with Crippen LogP contribution in [0.3, 0.4) is 0 Å². The Hall–Kier alpha value is -2.40. The van der Waals surface area contributed by atoms with Crippen molar-refractivity contribution in [3.8, 4) is 0 Å². The fraction of sp³-hybridized carbons (Fsp3) is 0.250. The average Bonchev–Trinajstić information content (AvgIpc) is 2.49. The van der Waals surface area contributed by atoms with Crippen molar-refractivity contribution < 1.29 is 9.53 Å². The summed E-state index contributed by atoms with van der Waals surface area (Å²) in [6.07, 6.45) is 1.65. The Kier molecular flexibility index (Phi) is 4.90. The first-order valence-electron chi connectivity index (χ1n) is 6.63. The molecule has 0 saturated carbocycles. The molecule has 0 unspecified atom stereocenters. The van der Waals surface area contributed by atoms with E-state index in [2.05, 4.69) is 10.3 Å². The van der Waals surface area contributed by atoms with Crippen LogP contribution in [0.2, 0.25) is 0 Å². The van der Waals surface area contributed by atoms with Crippen LogP contribution in [0.15, 0.2) is 42.6 Å². The van der Waals surface area contributed by atoms with Gasteiger partial charge in [-0.15, -0.1) is 0 Å². The van der Waals surface area contributed by atoms with E-state index in [9.17, 15) is 4.79 Å². The number of pyridine rings is 1. The third-order valence-corrected chi connectivity index (χ3v) is 2.99. The molecule has 0 saturated heterocycles. The minimum Gasteiger partial charge on any atom is -0.380 e. The van der Waals surface area contributed by atoms with Gasteiger partial charge in [0.05, 0.1) is 18.5 Å². The van der Waals surface area contributed by atoms with Crippen LogP contribution in [-0.4, -0.2) is 32.1 Å². The van der Waals surface area contributed by atoms with E-state index in [1.165, 1.54) is 0 Å². The third kappa shape index (κ3) is 4.03. The van der Waals surface area contributed by atoms with Gasteiger partial charge in [-0.05, 0) is 29.8 Å². The van der Waals surface area contributed by atoms with E-state index in [0.29, 0.717) is 17.9 Å². The molecular formula is C16H19N3O2. The Balaban J connectivity index is 2.03. The molecule has 2 aromatic rings. The van der Waals surface area contributed by atoms with E-state index < -0.39 is 0 Å². The predicted octanol–water partition coefficient (Wildman–Crippen LogP) is 2.55. The maximum absolute atomic E-state index is 12.1. The first-order valence-corrected chi connectivity index (χ1v) is 6.63. The van der Waals surface area contributed by atoms with Gasteiger partial charge in [0.15, 0.2) is 0 Å². The zero-order chi connectivity index (χ0) is 15.2. The number of methoxy groups -OCH3 is 1. The Bertz CT molecular complexity index is 592. The highest BCUT2D eigenvalue weighted by Crippen LogP contribution is 2.13. The number of hydrogen-bond donors (Lipinski definition) is 1. The molecule has 0 bridgehead atoms. The quantitative estimate of drug-likeness (QED) is 0.917. The number of aromatic nitrogens is 1. The number of carbonyl (C=O) groups excluding carboxylic acids is 1. The van der Waals surface area contributed by atoms with Crippen LogP contribution in [0.4, 0.5) is 11.5 Å². The number of hydrogen-bond acceptors (Lipinski definition) is 4. The van der Waals surface area contributed by atoms with E-state index in [1.54, 1.807) is 25.4 Å². The summed E-state index contributed by atoms with van der Waals surface area (Å²) in [5.41, 5.74) is 2.31. The molecule has 1 aromatic carbocycles. The van der Waals surface area contributed by atoms with Crippen LogP contribution in [0.25, 0.3) is 0 Å². The molecule has 1 heterocycles. The number of rotatable bonds is 5. The molecule has 5 heteroatoms. The topological polar surface area (TPSA) is 54.5 Å². The van der Waals surface area contributed by atoms with Crippen molar-refractivity contribution in [3.05, 3.63) is 53.7 Å². The summed E-state index contributed by atoms with van der Waals surface area (Å²) in [7, 11) is 5.48. The van der Waals surface area contributed by atoms with Gasteiger partial charge < -0.3 is 15.0 Å². The largest absolute Gasteiger partial charge is 0.380 e. The van der Waals surface area contributed by atoms with Crippen LogP contribution in [0, 0.1) is 0 Å². The van der Waals surface area contributed by atoms with Crippen molar-refractivity contribution in [2.24, 2.45) is 0 Å². The van der Waals surface area contributed by atoms with Gasteiger partial charge in [0.2, 0.25) is 0 Å². The Morgan fingerprint density at radius 1 is 1.19 bits per heavy atom. The Labute approximate surface area is 124 Å². The van der Waals surface area contributed by atoms with Gasteiger partial charge >= 0.3 is 0 Å². The maximum Gasteiger partial charge on any atom is 0.255 e. The first kappa shape index (κ1) is 15.0. The molecule has 1 amide bonds. The monoisotopic (exact) mass is 285 g/mol. The zero-order valence-electron chi connectivity index (χ0n) is 12.5. The molecule has 1 N–H and O–H groups in total. The van der Waals surface area contributed by atoms with E-state index >= 15 is 0 Å².